The minimum absolute atomic E-state index is 0.448. The molecule has 0 saturated heterocycles. The molecule has 0 rings (SSSR count). The third-order valence-corrected chi connectivity index (χ3v) is 8.96. The molecule has 0 fully saturated rings. The van der Waals surface area contributed by atoms with E-state index in [9.17, 15) is 0 Å². The van der Waals surface area contributed by atoms with E-state index >= 15 is 0 Å². The summed E-state index contributed by atoms with van der Waals surface area (Å²) in [5, 5.41) is 0. The molecule has 0 aliphatic carbocycles. The van der Waals surface area contributed by atoms with Crippen LogP contribution >= 0.6 is 0 Å². The van der Waals surface area contributed by atoms with Gasteiger partial charge in [-0.3, -0.25) is 0 Å². The molecular weight excluding hydrogens is 208 g/mol. The quantitative estimate of drug-likeness (QED) is 0.533. The molecule has 0 radical (unpaired) electrons. The summed E-state index contributed by atoms with van der Waals surface area (Å²) in [6.45, 7) is 24.6. The first kappa shape index (κ1) is 16.2. The lowest BCUT2D eigenvalue weighted by molar-refractivity contribution is 0.0796. The van der Waals surface area contributed by atoms with Crippen molar-refractivity contribution in [3.63, 3.8) is 0 Å². The molecule has 98 valence electrons. The van der Waals surface area contributed by atoms with E-state index in [2.05, 4.69) is 68.1 Å². The van der Waals surface area contributed by atoms with Crippen LogP contribution in [0.2, 0.25) is 25.2 Å². The Hall–Kier alpha value is 0.217. The van der Waals surface area contributed by atoms with Crippen molar-refractivity contribution in [2.24, 2.45) is 16.7 Å². The van der Waals surface area contributed by atoms with Crippen molar-refractivity contribution in [1.29, 1.82) is 0 Å². The summed E-state index contributed by atoms with van der Waals surface area (Å²) in [4.78, 5) is 0. The molecule has 0 aromatic rings. The van der Waals surface area contributed by atoms with Crippen molar-refractivity contribution in [2.45, 2.75) is 80.1 Å². The third kappa shape index (κ3) is 3.35. The molecule has 0 aromatic heterocycles. The highest BCUT2D eigenvalue weighted by Crippen LogP contribution is 2.51. The van der Waals surface area contributed by atoms with Crippen molar-refractivity contribution in [1.82, 2.24) is 0 Å². The zero-order chi connectivity index (χ0) is 13.4. The van der Waals surface area contributed by atoms with E-state index in [-0.39, 0.29) is 0 Å². The van der Waals surface area contributed by atoms with Crippen molar-refractivity contribution < 1.29 is 0 Å². The van der Waals surface area contributed by atoms with Gasteiger partial charge in [0.05, 0.1) is 0 Å². The van der Waals surface area contributed by atoms with Crippen LogP contribution in [0.1, 0.15) is 54.9 Å². The molecule has 0 aliphatic rings. The maximum Gasteiger partial charge on any atom is 0.0476 e. The zero-order valence-corrected chi connectivity index (χ0v) is 14.4. The number of hydrogen-bond donors (Lipinski definition) is 0. The Kier molecular flexibility index (Phi) is 4.90. The fourth-order valence-electron chi connectivity index (χ4n) is 2.80. The van der Waals surface area contributed by atoms with E-state index in [1.807, 2.05) is 0 Å². The second-order valence-electron chi connectivity index (χ2n) is 7.97. The van der Waals surface area contributed by atoms with Crippen LogP contribution in [-0.2, 0) is 0 Å². The van der Waals surface area contributed by atoms with Crippen molar-refractivity contribution in [2.75, 3.05) is 0 Å². The van der Waals surface area contributed by atoms with Crippen LogP contribution in [-0.4, -0.2) is 8.07 Å². The lowest BCUT2D eigenvalue weighted by Gasteiger charge is -2.49. The topological polar surface area (TPSA) is 0 Å². The monoisotopic (exact) mass is 242 g/mol. The molecule has 16 heavy (non-hydrogen) atoms. The highest BCUT2D eigenvalue weighted by molar-refractivity contribution is 6.77. The Labute approximate surface area is 105 Å². The highest BCUT2D eigenvalue weighted by atomic mass is 28.3. The Bertz CT molecular complexity index is 220. The average Bonchev–Trinajstić information content (AvgIpc) is 2.13. The lowest BCUT2D eigenvalue weighted by Crippen LogP contribution is -2.44. The van der Waals surface area contributed by atoms with Crippen molar-refractivity contribution in [3.05, 3.63) is 0 Å². The van der Waals surface area contributed by atoms with E-state index in [1.165, 1.54) is 6.42 Å². The first-order chi connectivity index (χ1) is 6.87. The minimum Gasteiger partial charge on any atom is -0.0693 e. The molecule has 0 N–H and O–H groups in total. The predicted molar refractivity (Wildman–Crippen MR) is 79.8 cm³/mol. The van der Waals surface area contributed by atoms with Gasteiger partial charge in [0.15, 0.2) is 0 Å². The fourth-order valence-corrected chi connectivity index (χ4v) is 5.29. The van der Waals surface area contributed by atoms with Crippen molar-refractivity contribution >= 4 is 8.07 Å². The molecule has 0 aromatic carbocycles. The summed E-state index contributed by atoms with van der Waals surface area (Å²) in [6.07, 6.45) is 1.27. The van der Waals surface area contributed by atoms with Crippen LogP contribution in [0.5, 0.6) is 0 Å². The summed E-state index contributed by atoms with van der Waals surface area (Å²) in [6, 6.07) is 0. The summed E-state index contributed by atoms with van der Waals surface area (Å²) in [5.41, 5.74) is 1.77. The average molecular weight is 243 g/mol. The van der Waals surface area contributed by atoms with Gasteiger partial charge in [-0.2, -0.15) is 0 Å². The van der Waals surface area contributed by atoms with Gasteiger partial charge >= 0.3 is 0 Å². The lowest BCUT2D eigenvalue weighted by atomic mass is 9.63. The van der Waals surface area contributed by atoms with Gasteiger partial charge in [0, 0.05) is 8.07 Å². The Morgan fingerprint density at radius 3 is 1.56 bits per heavy atom. The number of hydrogen-bond acceptors (Lipinski definition) is 0. The van der Waals surface area contributed by atoms with E-state index in [0.29, 0.717) is 10.8 Å². The van der Waals surface area contributed by atoms with Crippen LogP contribution in [0, 0.1) is 16.7 Å². The van der Waals surface area contributed by atoms with Gasteiger partial charge in [0.2, 0.25) is 0 Å². The molecule has 0 aliphatic heterocycles. The maximum atomic E-state index is 2.51. The standard InChI is InChI=1S/C15H34Si/c1-11-14(4,5)12(2)15(6,7)13(3)16(8,9)10/h12-13H,11H2,1-10H3. The first-order valence-corrected chi connectivity index (χ1v) is 10.4. The van der Waals surface area contributed by atoms with E-state index < -0.39 is 8.07 Å². The van der Waals surface area contributed by atoms with Gasteiger partial charge < -0.3 is 0 Å². The van der Waals surface area contributed by atoms with Crippen LogP contribution < -0.4 is 0 Å². The van der Waals surface area contributed by atoms with E-state index in [4.69, 9.17) is 0 Å². The summed E-state index contributed by atoms with van der Waals surface area (Å²) in [5.74, 6) is 0.770. The summed E-state index contributed by atoms with van der Waals surface area (Å²) >= 11 is 0. The molecule has 2 unspecified atom stereocenters. The molecule has 0 saturated carbocycles. The molecule has 1 heteroatoms. The van der Waals surface area contributed by atoms with E-state index in [0.717, 1.165) is 11.5 Å². The van der Waals surface area contributed by atoms with Gasteiger partial charge in [0.1, 0.15) is 0 Å². The molecule has 0 spiro atoms. The SMILES string of the molecule is CCC(C)(C)C(C)C(C)(C)C(C)[Si](C)(C)C. The Morgan fingerprint density at radius 1 is 0.938 bits per heavy atom. The Balaban J connectivity index is 5.06. The maximum absolute atomic E-state index is 2.51. The second-order valence-corrected chi connectivity index (χ2v) is 13.6. The van der Waals surface area contributed by atoms with Gasteiger partial charge in [-0.1, -0.05) is 74.5 Å². The first-order valence-electron chi connectivity index (χ1n) is 6.87. The number of rotatable bonds is 5. The summed E-state index contributed by atoms with van der Waals surface area (Å²) in [7, 11) is -1.05. The second kappa shape index (κ2) is 4.84. The fraction of sp³-hybridized carbons (Fsp3) is 1.00. The third-order valence-electron chi connectivity index (χ3n) is 5.61. The molecule has 2 atom stereocenters. The van der Waals surface area contributed by atoms with Gasteiger partial charge in [-0.15, -0.1) is 0 Å². The van der Waals surface area contributed by atoms with Gasteiger partial charge in [0.25, 0.3) is 0 Å². The zero-order valence-electron chi connectivity index (χ0n) is 13.4. The van der Waals surface area contributed by atoms with Crippen molar-refractivity contribution in [3.8, 4) is 0 Å². The predicted octanol–water partition coefficient (Wildman–Crippen LogP) is 5.81. The molecule has 0 nitrogen and oxygen atoms in total. The van der Waals surface area contributed by atoms with Crippen LogP contribution in [0.15, 0.2) is 0 Å². The molecule has 0 bridgehead atoms. The van der Waals surface area contributed by atoms with Gasteiger partial charge in [-0.05, 0) is 22.3 Å². The van der Waals surface area contributed by atoms with Crippen LogP contribution in [0.4, 0.5) is 0 Å². The minimum atomic E-state index is -1.05. The molecule has 0 heterocycles. The molecule has 0 amide bonds. The Morgan fingerprint density at radius 2 is 1.31 bits per heavy atom. The van der Waals surface area contributed by atoms with Crippen LogP contribution in [0.3, 0.4) is 0 Å². The normalized spacial score (nSPS) is 18.4. The van der Waals surface area contributed by atoms with Gasteiger partial charge in [-0.25, -0.2) is 0 Å². The summed E-state index contributed by atoms with van der Waals surface area (Å²) < 4.78 is 0. The highest BCUT2D eigenvalue weighted by Gasteiger charge is 2.43. The van der Waals surface area contributed by atoms with Crippen LogP contribution in [0.25, 0.3) is 0 Å². The molecular formula is C15H34Si. The smallest absolute Gasteiger partial charge is 0.0476 e. The largest absolute Gasteiger partial charge is 0.0693 e. The van der Waals surface area contributed by atoms with E-state index in [1.54, 1.807) is 0 Å².